The first-order valence-electron chi connectivity index (χ1n) is 23.8. The summed E-state index contributed by atoms with van der Waals surface area (Å²) in [6.07, 6.45) is 0. The third kappa shape index (κ3) is 24.0. The predicted molar refractivity (Wildman–Crippen MR) is 311 cm³/mol. The summed E-state index contributed by atoms with van der Waals surface area (Å²) in [6, 6.07) is 24.0. The first-order chi connectivity index (χ1) is 41.2. The predicted octanol–water partition coefficient (Wildman–Crippen LogP) is 24.5. The first kappa shape index (κ1) is 72.8. The van der Waals surface area contributed by atoms with Gasteiger partial charge in [-0.2, -0.15) is 0 Å². The van der Waals surface area contributed by atoms with Gasteiger partial charge in [0.25, 0.3) is 0 Å². The molecule has 444 valence electrons. The molecule has 0 spiro atoms. The summed E-state index contributed by atoms with van der Waals surface area (Å²) < 4.78 is 103. The Balaban J connectivity index is 0.000000508. The van der Waals surface area contributed by atoms with Crippen LogP contribution in [0.15, 0.2) is 137 Å². The van der Waals surface area contributed by atoms with Crippen molar-refractivity contribution < 1.29 is 35.1 Å². The average molecular weight is 1200 g/mol. The Bertz CT molecular complexity index is 3910. The molecule has 0 amide bonds. The quantitative estimate of drug-likeness (QED) is 0.0428. The molecular weight excluding hydrogens is 1150 g/mol. The molecule has 27 nitrogen and oxygen atoms in total. The molecule has 0 radical (unpaired) electrons. The van der Waals surface area contributed by atoms with Crippen LogP contribution in [0.3, 0.4) is 0 Å². The van der Waals surface area contributed by atoms with Crippen LogP contribution in [0.25, 0.3) is 94.0 Å². The fourth-order valence-corrected chi connectivity index (χ4v) is 6.63. The van der Waals surface area contributed by atoms with Gasteiger partial charge in [0, 0.05) is 72.5 Å². The molecule has 87 heavy (non-hydrogen) atoms. The van der Waals surface area contributed by atoms with Crippen molar-refractivity contribution in [3.8, 4) is 0 Å². The van der Waals surface area contributed by atoms with Crippen molar-refractivity contribution in [1.29, 1.82) is 0 Å². The van der Waals surface area contributed by atoms with Crippen molar-refractivity contribution in [1.82, 2.24) is 0 Å². The van der Waals surface area contributed by atoms with Crippen LogP contribution in [0.2, 0.25) is 0 Å². The summed E-state index contributed by atoms with van der Waals surface area (Å²) in [5.74, 6) is -9.39. The Morgan fingerprint density at radius 1 is 0.253 bits per heavy atom. The van der Waals surface area contributed by atoms with Crippen LogP contribution in [0.1, 0.15) is 55.6 Å². The lowest BCUT2D eigenvalue weighted by Crippen LogP contribution is -1.99. The normalized spacial score (nSPS) is 9.03. The van der Waals surface area contributed by atoms with Crippen molar-refractivity contribution in [2.45, 2.75) is 69.2 Å². The van der Waals surface area contributed by atoms with E-state index in [1.54, 1.807) is 39.0 Å². The third-order valence-electron chi connectivity index (χ3n) is 10.4. The molecule has 7 aromatic rings. The molecule has 0 aliphatic heterocycles. The third-order valence-corrected chi connectivity index (χ3v) is 10.4. The molecule has 0 bridgehead atoms. The van der Waals surface area contributed by atoms with E-state index in [0.29, 0.717) is 28.2 Å². The maximum Gasteiger partial charge on any atom is 0.171 e. The highest BCUT2D eigenvalue weighted by Crippen LogP contribution is 2.33. The van der Waals surface area contributed by atoms with E-state index in [1.807, 2.05) is 71.9 Å². The van der Waals surface area contributed by atoms with Gasteiger partial charge >= 0.3 is 0 Å². The molecule has 0 saturated heterocycles. The Labute approximate surface area is 487 Å². The minimum atomic E-state index is -1.70. The van der Waals surface area contributed by atoms with E-state index in [9.17, 15) is 35.1 Å². The van der Waals surface area contributed by atoms with Crippen LogP contribution >= 0.6 is 0 Å². The summed E-state index contributed by atoms with van der Waals surface area (Å²) in [4.78, 5) is 22.6. The van der Waals surface area contributed by atoms with Gasteiger partial charge in [-0.05, 0) is 200 Å². The van der Waals surface area contributed by atoms with E-state index in [-0.39, 0.29) is 17.1 Å². The van der Waals surface area contributed by atoms with E-state index in [0.717, 1.165) is 52.6 Å². The zero-order valence-corrected chi connectivity index (χ0v) is 47.3. The molecule has 0 N–H and O–H groups in total. The monoisotopic (exact) mass is 1200 g/mol. The summed E-state index contributed by atoms with van der Waals surface area (Å²) in [5.41, 5.74) is 80.7. The zero-order valence-electron chi connectivity index (χ0n) is 47.3. The van der Waals surface area contributed by atoms with Crippen LogP contribution < -0.4 is 0 Å². The van der Waals surface area contributed by atoms with Gasteiger partial charge in [0.1, 0.15) is 34.6 Å². The SMILES string of the molecule is Cc1c(F)c(F)c(N=[N+]=[N-])c(F)c1F.Cc1cc(C)c(N=[N+]=[N-])c(C)c1.Cc1cc(F)c(N=[N+]=[N-])c(F)c1.Cc1cc(F)c(N=[N+]=[N-])c(N=[N+]=[N-])c1.Cc1ccc(N=[N+]=[N-])c(C)c1.Cc1ccc(N=[N+]=[N-])c(F)c1.Cc1ccc(N=[N+]=[N-])cc1N=[N+]=[N-]. The molecule has 0 heterocycles. The van der Waals surface area contributed by atoms with Crippen molar-refractivity contribution in [3.05, 3.63) is 287 Å². The van der Waals surface area contributed by atoms with Crippen molar-refractivity contribution >= 4 is 51.2 Å². The molecule has 0 aliphatic rings. The molecule has 0 saturated carbocycles. The molecule has 0 atom stereocenters. The van der Waals surface area contributed by atoms with E-state index < -0.39 is 63.5 Å². The minimum Gasteiger partial charge on any atom is -0.206 e. The second kappa shape index (κ2) is 37.7. The smallest absolute Gasteiger partial charge is 0.171 e. The summed E-state index contributed by atoms with van der Waals surface area (Å²) in [5, 5.41) is 28.9. The highest BCUT2D eigenvalue weighted by molar-refractivity contribution is 5.63. The van der Waals surface area contributed by atoms with Crippen LogP contribution in [0.5, 0.6) is 0 Å². The molecule has 7 rings (SSSR count). The van der Waals surface area contributed by atoms with E-state index in [1.165, 1.54) is 41.5 Å². The standard InChI is InChI=1S/C9H11N3.C8H9N3.C7H3F4N3.C7H5F2N3.C7H5FN6.C7H6FN3.C7H6N6/c1-6-4-7(2)9(11-12-10)8(3)5-6;1-6-3-4-8(10-11-9)7(2)5-6;1-2-3(8)5(10)7(13-14-12)6(11)4(2)9;1-4-2-5(8)7(11-12-10)6(9)3-4;1-4-2-5(8)7(12-14-10)6(3-4)11-13-9;1-5-2-3-7(10-11-9)6(8)4-5;1-5-2-3-6(10-12-8)4-7(5)11-13-9/h4-5H,1-3H3;3-5H,1-2H3;1H3;2-3H,1H3;2-3H,1H3;2-4H,1H3;2-4H,1H3. The van der Waals surface area contributed by atoms with Gasteiger partial charge in [-0.3, -0.25) is 0 Å². The van der Waals surface area contributed by atoms with Gasteiger partial charge in [-0.1, -0.05) is 106 Å². The number of rotatable bonds is 9. The largest absolute Gasteiger partial charge is 0.206 e. The van der Waals surface area contributed by atoms with Gasteiger partial charge in [0.2, 0.25) is 0 Å². The average Bonchev–Trinajstić information content (AvgIpc) is 2.06. The molecule has 0 fully saturated rings. The summed E-state index contributed by atoms with van der Waals surface area (Å²) in [7, 11) is 0. The van der Waals surface area contributed by atoms with Crippen LogP contribution in [-0.2, 0) is 0 Å². The lowest BCUT2D eigenvalue weighted by atomic mass is 10.1. The second-order valence-corrected chi connectivity index (χ2v) is 17.1. The number of hydrogen-bond acceptors (Lipinski definition) is 9. The Hall–Kier alpha value is -12.2. The highest BCUT2D eigenvalue weighted by Gasteiger charge is 2.22. The van der Waals surface area contributed by atoms with Crippen LogP contribution in [0, 0.1) is 116 Å². The van der Waals surface area contributed by atoms with Gasteiger partial charge in [-0.15, -0.1) is 0 Å². The van der Waals surface area contributed by atoms with Crippen molar-refractivity contribution in [2.75, 3.05) is 0 Å². The van der Waals surface area contributed by atoms with Crippen LogP contribution in [0.4, 0.5) is 86.3 Å². The Kier molecular flexibility index (Phi) is 31.6. The first-order valence-corrected chi connectivity index (χ1v) is 23.8. The number of azide groups is 9. The van der Waals surface area contributed by atoms with Gasteiger partial charge < -0.3 is 0 Å². The lowest BCUT2D eigenvalue weighted by molar-refractivity contribution is 0.448. The Morgan fingerprint density at radius 3 is 1.08 bits per heavy atom. The van der Waals surface area contributed by atoms with Crippen LogP contribution in [-0.4, -0.2) is 0 Å². The Morgan fingerprint density at radius 2 is 0.609 bits per heavy atom. The number of hydrogen-bond donors (Lipinski definition) is 0. The molecule has 35 heteroatoms. The number of halogens is 8. The maximum absolute atomic E-state index is 13.2. The second-order valence-electron chi connectivity index (χ2n) is 17.1. The molecular formula is C52H45F8N27. The maximum atomic E-state index is 13.2. The zero-order chi connectivity index (χ0) is 65.9. The van der Waals surface area contributed by atoms with Gasteiger partial charge in [-0.25, -0.2) is 35.1 Å². The summed E-state index contributed by atoms with van der Waals surface area (Å²) >= 11 is 0. The van der Waals surface area contributed by atoms with E-state index in [4.69, 9.17) is 49.8 Å². The van der Waals surface area contributed by atoms with Gasteiger partial charge in [0.05, 0.1) is 17.1 Å². The number of nitrogens with zero attached hydrogens (tertiary/aromatic N) is 27. The number of benzene rings is 7. The van der Waals surface area contributed by atoms with E-state index >= 15 is 0 Å². The highest BCUT2D eigenvalue weighted by atomic mass is 19.2. The summed E-state index contributed by atoms with van der Waals surface area (Å²) in [6.45, 7) is 17.5. The minimum absolute atomic E-state index is 0.0113. The lowest BCUT2D eigenvalue weighted by Gasteiger charge is -2.04. The molecule has 0 aliphatic carbocycles. The molecule has 7 aromatic carbocycles. The molecule has 0 unspecified atom stereocenters. The van der Waals surface area contributed by atoms with Crippen molar-refractivity contribution in [2.24, 2.45) is 46.0 Å². The van der Waals surface area contributed by atoms with E-state index in [2.05, 4.69) is 90.2 Å². The fraction of sp³-hybridized carbons (Fsp3) is 0.192. The topological polar surface area (TPSA) is 439 Å². The number of aryl methyl sites for hydroxylation is 9. The fourth-order valence-electron chi connectivity index (χ4n) is 6.63. The van der Waals surface area contributed by atoms with Crippen molar-refractivity contribution in [3.63, 3.8) is 0 Å². The van der Waals surface area contributed by atoms with Gasteiger partial charge in [0.15, 0.2) is 23.3 Å². The molecule has 0 aromatic heterocycles.